The van der Waals surface area contributed by atoms with E-state index in [0.29, 0.717) is 17.6 Å². The average molecular weight is 476 g/mol. The van der Waals surface area contributed by atoms with Crippen LogP contribution in [0.4, 0.5) is 5.69 Å². The Morgan fingerprint density at radius 2 is 1.88 bits per heavy atom. The van der Waals surface area contributed by atoms with E-state index in [-0.39, 0.29) is 23.0 Å². The predicted octanol–water partition coefficient (Wildman–Crippen LogP) is 4.43. The van der Waals surface area contributed by atoms with Crippen molar-refractivity contribution in [2.75, 3.05) is 17.6 Å². The Hall–Kier alpha value is -3.13. The van der Waals surface area contributed by atoms with Gasteiger partial charge in [-0.25, -0.2) is 0 Å². The minimum absolute atomic E-state index is 0.00160. The van der Waals surface area contributed by atoms with Crippen LogP contribution in [0.2, 0.25) is 0 Å². The third kappa shape index (κ3) is 4.87. The summed E-state index contributed by atoms with van der Waals surface area (Å²) in [5.74, 6) is 1.47. The molecule has 34 heavy (non-hydrogen) atoms. The normalized spacial score (nSPS) is 16.5. The molecule has 0 atom stereocenters. The molecule has 8 heteroatoms. The number of nitrogens with zero attached hydrogens (tertiary/aromatic N) is 3. The molecule has 2 aliphatic rings. The van der Waals surface area contributed by atoms with Gasteiger partial charge in [0.2, 0.25) is 11.8 Å². The summed E-state index contributed by atoms with van der Waals surface area (Å²) >= 11 is 1.40. The van der Waals surface area contributed by atoms with Crippen molar-refractivity contribution in [2.45, 2.75) is 55.5 Å². The summed E-state index contributed by atoms with van der Waals surface area (Å²) in [6.07, 6.45) is 5.60. The molecule has 2 amide bonds. The molecule has 7 nitrogen and oxygen atoms in total. The maximum Gasteiger partial charge on any atom is 0.230 e. The zero-order valence-electron chi connectivity index (χ0n) is 19.3. The van der Waals surface area contributed by atoms with Crippen LogP contribution in [0.5, 0.6) is 0 Å². The molecule has 1 heterocycles. The van der Waals surface area contributed by atoms with Gasteiger partial charge < -0.3 is 10.6 Å². The number of hydrogen-bond acceptors (Lipinski definition) is 5. The average Bonchev–Trinajstić information content (AvgIpc) is 3.56. The molecular formula is C26H29N5O2S. The lowest BCUT2D eigenvalue weighted by molar-refractivity contribution is -0.119. The molecule has 2 saturated carbocycles. The highest BCUT2D eigenvalue weighted by molar-refractivity contribution is 7.99. The lowest BCUT2D eigenvalue weighted by Gasteiger charge is -2.42. The molecule has 0 spiro atoms. The van der Waals surface area contributed by atoms with Gasteiger partial charge in [-0.3, -0.25) is 14.2 Å². The largest absolute Gasteiger partial charge is 0.354 e. The third-order valence-corrected chi connectivity index (χ3v) is 7.61. The van der Waals surface area contributed by atoms with Crippen molar-refractivity contribution in [3.63, 3.8) is 0 Å². The molecule has 2 N–H and O–H groups in total. The molecule has 176 valence electrons. The first kappa shape index (κ1) is 22.7. The molecule has 5 rings (SSSR count). The van der Waals surface area contributed by atoms with E-state index >= 15 is 0 Å². The molecule has 0 radical (unpaired) electrons. The molecule has 2 aromatic carbocycles. The van der Waals surface area contributed by atoms with Crippen LogP contribution in [-0.2, 0) is 15.0 Å². The molecule has 2 aliphatic carbocycles. The quantitative estimate of drug-likeness (QED) is 0.447. The van der Waals surface area contributed by atoms with Gasteiger partial charge in [-0.2, -0.15) is 0 Å². The zero-order chi connectivity index (χ0) is 23.5. The lowest BCUT2D eigenvalue weighted by Crippen LogP contribution is -2.46. The number of benzene rings is 2. The predicted molar refractivity (Wildman–Crippen MR) is 133 cm³/mol. The fraction of sp³-hybridized carbons (Fsp3) is 0.385. The van der Waals surface area contributed by atoms with Gasteiger partial charge >= 0.3 is 0 Å². The van der Waals surface area contributed by atoms with Crippen molar-refractivity contribution >= 4 is 29.3 Å². The Morgan fingerprint density at radius 1 is 1.09 bits per heavy atom. The molecule has 0 bridgehead atoms. The maximum atomic E-state index is 12.8. The summed E-state index contributed by atoms with van der Waals surface area (Å²) in [5.41, 5.74) is 2.98. The summed E-state index contributed by atoms with van der Waals surface area (Å²) in [6, 6.07) is 18.1. The van der Waals surface area contributed by atoms with Crippen LogP contribution in [0.3, 0.4) is 0 Å². The fourth-order valence-electron chi connectivity index (χ4n) is 4.56. The minimum atomic E-state index is -0.116. The van der Waals surface area contributed by atoms with Crippen molar-refractivity contribution in [3.05, 3.63) is 66.0 Å². The van der Waals surface area contributed by atoms with Gasteiger partial charge in [0.25, 0.3) is 0 Å². The van der Waals surface area contributed by atoms with Gasteiger partial charge in [-0.05, 0) is 49.4 Å². The molecule has 3 aromatic rings. The summed E-state index contributed by atoms with van der Waals surface area (Å²) < 4.78 is 2.03. The number of carbonyl (C=O) groups is 2. The van der Waals surface area contributed by atoms with Crippen molar-refractivity contribution < 1.29 is 9.59 Å². The van der Waals surface area contributed by atoms with Crippen LogP contribution in [0.15, 0.2) is 59.8 Å². The second kappa shape index (κ2) is 9.62. The molecule has 0 saturated heterocycles. The van der Waals surface area contributed by atoms with E-state index in [1.54, 1.807) is 0 Å². The van der Waals surface area contributed by atoms with Crippen LogP contribution in [0.1, 0.15) is 56.3 Å². The van der Waals surface area contributed by atoms with Crippen LogP contribution in [-0.4, -0.2) is 38.9 Å². The Bertz CT molecular complexity index is 1180. The first-order valence-corrected chi connectivity index (χ1v) is 12.8. The standard InChI is InChI=1S/C26H29N5O2S/c1-18(32)28-21-9-5-10-22(15-21)31-24(19-11-12-19)29-30-25(31)34-16-23(33)27-17-26(13-6-14-26)20-7-3-2-4-8-20/h2-5,7-10,15,19H,6,11-14,16-17H2,1H3,(H,27,33)(H,28,32). The molecule has 2 fully saturated rings. The fourth-order valence-corrected chi connectivity index (χ4v) is 5.35. The van der Waals surface area contributed by atoms with Gasteiger partial charge in [0, 0.05) is 30.5 Å². The Morgan fingerprint density at radius 3 is 2.56 bits per heavy atom. The van der Waals surface area contributed by atoms with Crippen LogP contribution in [0, 0.1) is 0 Å². The highest BCUT2D eigenvalue weighted by atomic mass is 32.2. The number of anilines is 1. The van der Waals surface area contributed by atoms with Crippen LogP contribution >= 0.6 is 11.8 Å². The number of hydrogen-bond donors (Lipinski definition) is 2. The minimum Gasteiger partial charge on any atom is -0.354 e. The SMILES string of the molecule is CC(=O)Nc1cccc(-n2c(SCC(=O)NCC3(c4ccccc4)CCC3)nnc2C2CC2)c1. The summed E-state index contributed by atoms with van der Waals surface area (Å²) in [7, 11) is 0. The smallest absolute Gasteiger partial charge is 0.230 e. The van der Waals surface area contributed by atoms with Crippen LogP contribution in [0.25, 0.3) is 5.69 Å². The van der Waals surface area contributed by atoms with Gasteiger partial charge in [0.05, 0.1) is 11.4 Å². The van der Waals surface area contributed by atoms with E-state index in [1.165, 1.54) is 30.7 Å². The highest BCUT2D eigenvalue weighted by Gasteiger charge is 2.38. The highest BCUT2D eigenvalue weighted by Crippen LogP contribution is 2.43. The van der Waals surface area contributed by atoms with E-state index in [4.69, 9.17) is 0 Å². The number of nitrogens with one attached hydrogen (secondary N) is 2. The van der Waals surface area contributed by atoms with Gasteiger partial charge in [0.1, 0.15) is 5.82 Å². The van der Waals surface area contributed by atoms with Crippen molar-refractivity contribution in [2.24, 2.45) is 0 Å². The second-order valence-corrected chi connectivity index (χ2v) is 10.2. The Labute approximate surface area is 203 Å². The monoisotopic (exact) mass is 475 g/mol. The molecule has 1 aromatic heterocycles. The van der Waals surface area contributed by atoms with E-state index in [2.05, 4.69) is 45.1 Å². The van der Waals surface area contributed by atoms with Gasteiger partial charge in [-0.15, -0.1) is 10.2 Å². The van der Waals surface area contributed by atoms with Gasteiger partial charge in [-0.1, -0.05) is 54.6 Å². The third-order valence-electron chi connectivity index (χ3n) is 6.68. The number of rotatable bonds is 9. The first-order valence-electron chi connectivity index (χ1n) is 11.8. The second-order valence-electron chi connectivity index (χ2n) is 9.25. The van der Waals surface area contributed by atoms with Crippen LogP contribution < -0.4 is 10.6 Å². The molecule has 0 unspecified atom stereocenters. The first-order chi connectivity index (χ1) is 16.5. The zero-order valence-corrected chi connectivity index (χ0v) is 20.1. The van der Waals surface area contributed by atoms with Gasteiger partial charge in [0.15, 0.2) is 5.16 Å². The van der Waals surface area contributed by atoms with E-state index in [1.807, 2.05) is 34.9 Å². The van der Waals surface area contributed by atoms with Crippen molar-refractivity contribution in [1.82, 2.24) is 20.1 Å². The number of carbonyl (C=O) groups excluding carboxylic acids is 2. The van der Waals surface area contributed by atoms with E-state index < -0.39 is 0 Å². The number of amides is 2. The summed E-state index contributed by atoms with van der Waals surface area (Å²) in [6.45, 7) is 2.15. The topological polar surface area (TPSA) is 88.9 Å². The number of aromatic nitrogens is 3. The Balaban J connectivity index is 1.27. The Kier molecular flexibility index (Phi) is 6.41. The number of thioether (sulfide) groups is 1. The van der Waals surface area contributed by atoms with E-state index in [0.717, 1.165) is 42.9 Å². The molecule has 0 aliphatic heterocycles. The van der Waals surface area contributed by atoms with Crippen molar-refractivity contribution in [3.8, 4) is 5.69 Å². The summed E-state index contributed by atoms with van der Waals surface area (Å²) in [4.78, 5) is 24.3. The lowest BCUT2D eigenvalue weighted by atomic mass is 9.64. The molecular weight excluding hydrogens is 446 g/mol. The van der Waals surface area contributed by atoms with Crippen molar-refractivity contribution in [1.29, 1.82) is 0 Å². The summed E-state index contributed by atoms with van der Waals surface area (Å²) in [5, 5.41) is 15.5. The van der Waals surface area contributed by atoms with E-state index in [9.17, 15) is 9.59 Å². The maximum absolute atomic E-state index is 12.8.